The molecule has 1 fully saturated rings. The van der Waals surface area contributed by atoms with Gasteiger partial charge in [-0.3, -0.25) is 9.59 Å². The summed E-state index contributed by atoms with van der Waals surface area (Å²) >= 11 is 0. The lowest BCUT2D eigenvalue weighted by molar-refractivity contribution is 0.0915. The lowest BCUT2D eigenvalue weighted by Gasteiger charge is -2.26. The van der Waals surface area contributed by atoms with Crippen LogP contribution in [0.25, 0.3) is 0 Å². The first kappa shape index (κ1) is 10.9. The van der Waals surface area contributed by atoms with Gasteiger partial charge in [-0.1, -0.05) is 12.1 Å². The molecule has 0 saturated heterocycles. The molecule has 1 aromatic rings. The summed E-state index contributed by atoms with van der Waals surface area (Å²) < 4.78 is 0. The van der Waals surface area contributed by atoms with Gasteiger partial charge in [0.2, 0.25) is 0 Å². The van der Waals surface area contributed by atoms with E-state index in [0.29, 0.717) is 17.2 Å². The fourth-order valence-corrected chi connectivity index (χ4v) is 1.68. The summed E-state index contributed by atoms with van der Waals surface area (Å²) in [5, 5.41) is 2.96. The molecule has 16 heavy (non-hydrogen) atoms. The highest BCUT2D eigenvalue weighted by atomic mass is 16.1. The molecule has 0 unspecified atom stereocenters. The number of carbonyl (C=O) groups is 2. The van der Waals surface area contributed by atoms with Crippen LogP contribution in [0.2, 0.25) is 0 Å². The van der Waals surface area contributed by atoms with Crippen molar-refractivity contribution in [3.8, 4) is 0 Å². The number of Topliss-reactive ketones (excluding diaryl/α,β-unsaturated/α-hetero) is 1. The van der Waals surface area contributed by atoms with E-state index in [0.717, 1.165) is 12.8 Å². The maximum Gasteiger partial charge on any atom is 0.251 e. The van der Waals surface area contributed by atoms with Crippen molar-refractivity contribution in [3.05, 3.63) is 35.4 Å². The fourth-order valence-electron chi connectivity index (χ4n) is 1.68. The SMILES string of the molecule is CC(=O)c1ccc(C(=O)NC2CCC2)cc1. The maximum atomic E-state index is 11.7. The molecule has 3 nitrogen and oxygen atoms in total. The van der Waals surface area contributed by atoms with Crippen LogP contribution in [0.5, 0.6) is 0 Å². The summed E-state index contributed by atoms with van der Waals surface area (Å²) in [5.74, 6) is -0.0225. The zero-order chi connectivity index (χ0) is 11.5. The highest BCUT2D eigenvalue weighted by molar-refractivity contribution is 5.97. The number of nitrogens with one attached hydrogen (secondary N) is 1. The van der Waals surface area contributed by atoms with Crippen molar-refractivity contribution in [2.45, 2.75) is 32.2 Å². The first-order valence-electron chi connectivity index (χ1n) is 5.58. The van der Waals surface area contributed by atoms with Gasteiger partial charge in [-0.25, -0.2) is 0 Å². The first-order chi connectivity index (χ1) is 7.66. The van der Waals surface area contributed by atoms with Crippen molar-refractivity contribution in [2.75, 3.05) is 0 Å². The molecule has 1 aliphatic rings. The van der Waals surface area contributed by atoms with Crippen LogP contribution in [0.1, 0.15) is 46.9 Å². The molecule has 1 saturated carbocycles. The molecule has 0 aromatic heterocycles. The Morgan fingerprint density at radius 2 is 1.69 bits per heavy atom. The number of rotatable bonds is 3. The minimum Gasteiger partial charge on any atom is -0.349 e. The summed E-state index contributed by atoms with van der Waals surface area (Å²) in [6.45, 7) is 1.52. The topological polar surface area (TPSA) is 46.2 Å². The number of benzene rings is 1. The number of hydrogen-bond donors (Lipinski definition) is 1. The highest BCUT2D eigenvalue weighted by Gasteiger charge is 2.19. The highest BCUT2D eigenvalue weighted by Crippen LogP contribution is 2.18. The predicted octanol–water partition coefficient (Wildman–Crippen LogP) is 2.17. The zero-order valence-electron chi connectivity index (χ0n) is 9.32. The van der Waals surface area contributed by atoms with Crippen LogP contribution in [0.4, 0.5) is 0 Å². The standard InChI is InChI=1S/C13H15NO2/c1-9(15)10-5-7-11(8-6-10)13(16)14-12-3-2-4-12/h5-8,12H,2-4H2,1H3,(H,14,16). The molecular formula is C13H15NO2. The molecule has 1 aromatic carbocycles. The Morgan fingerprint density at radius 1 is 1.12 bits per heavy atom. The molecule has 0 bridgehead atoms. The molecule has 3 heteroatoms. The maximum absolute atomic E-state index is 11.7. The second-order valence-electron chi connectivity index (χ2n) is 4.23. The number of carbonyl (C=O) groups excluding carboxylic acids is 2. The van der Waals surface area contributed by atoms with Crippen molar-refractivity contribution >= 4 is 11.7 Å². The van der Waals surface area contributed by atoms with E-state index in [4.69, 9.17) is 0 Å². The van der Waals surface area contributed by atoms with E-state index in [1.807, 2.05) is 0 Å². The molecule has 2 rings (SSSR count). The Balaban J connectivity index is 2.02. The second kappa shape index (κ2) is 4.47. The Kier molecular flexibility index (Phi) is 3.04. The molecule has 84 valence electrons. The minimum absolute atomic E-state index is 0.0194. The van der Waals surface area contributed by atoms with E-state index in [-0.39, 0.29) is 11.7 Å². The van der Waals surface area contributed by atoms with Crippen LogP contribution in [-0.2, 0) is 0 Å². The van der Waals surface area contributed by atoms with E-state index < -0.39 is 0 Å². The summed E-state index contributed by atoms with van der Waals surface area (Å²) in [5.41, 5.74) is 1.26. The van der Waals surface area contributed by atoms with Gasteiger partial charge in [0, 0.05) is 17.2 Å². The zero-order valence-corrected chi connectivity index (χ0v) is 9.32. The van der Waals surface area contributed by atoms with Crippen molar-refractivity contribution in [2.24, 2.45) is 0 Å². The third-order valence-corrected chi connectivity index (χ3v) is 2.99. The van der Waals surface area contributed by atoms with Gasteiger partial charge in [-0.05, 0) is 38.3 Å². The average molecular weight is 217 g/mol. The predicted molar refractivity (Wildman–Crippen MR) is 61.6 cm³/mol. The van der Waals surface area contributed by atoms with Crippen molar-refractivity contribution < 1.29 is 9.59 Å². The summed E-state index contributed by atoms with van der Waals surface area (Å²) in [4.78, 5) is 22.8. The van der Waals surface area contributed by atoms with Crippen LogP contribution >= 0.6 is 0 Å². The smallest absolute Gasteiger partial charge is 0.251 e. The van der Waals surface area contributed by atoms with Gasteiger partial charge in [-0.2, -0.15) is 0 Å². The van der Waals surface area contributed by atoms with Gasteiger partial charge >= 0.3 is 0 Å². The molecule has 0 aliphatic heterocycles. The Hall–Kier alpha value is -1.64. The van der Waals surface area contributed by atoms with Gasteiger partial charge < -0.3 is 5.32 Å². The van der Waals surface area contributed by atoms with Gasteiger partial charge in [-0.15, -0.1) is 0 Å². The van der Waals surface area contributed by atoms with E-state index in [9.17, 15) is 9.59 Å². The molecule has 0 heterocycles. The Morgan fingerprint density at radius 3 is 2.12 bits per heavy atom. The number of ketones is 1. The largest absolute Gasteiger partial charge is 0.349 e. The van der Waals surface area contributed by atoms with Crippen molar-refractivity contribution in [1.29, 1.82) is 0 Å². The van der Waals surface area contributed by atoms with Gasteiger partial charge in [0.05, 0.1) is 0 Å². The molecule has 0 spiro atoms. The Labute approximate surface area is 94.9 Å². The number of amides is 1. The monoisotopic (exact) mass is 217 g/mol. The lowest BCUT2D eigenvalue weighted by atomic mass is 9.93. The third kappa shape index (κ3) is 2.30. The second-order valence-corrected chi connectivity index (χ2v) is 4.23. The van der Waals surface area contributed by atoms with E-state index >= 15 is 0 Å². The number of hydrogen-bond acceptors (Lipinski definition) is 2. The quantitative estimate of drug-likeness (QED) is 0.789. The molecule has 0 atom stereocenters. The van der Waals surface area contributed by atoms with E-state index in [1.165, 1.54) is 13.3 Å². The van der Waals surface area contributed by atoms with Crippen molar-refractivity contribution in [1.82, 2.24) is 5.32 Å². The summed E-state index contributed by atoms with van der Waals surface area (Å²) in [6.07, 6.45) is 3.36. The van der Waals surface area contributed by atoms with Crippen LogP contribution in [0, 0.1) is 0 Å². The fraction of sp³-hybridized carbons (Fsp3) is 0.385. The normalized spacial score (nSPS) is 15.3. The molecular weight excluding hydrogens is 202 g/mol. The average Bonchev–Trinajstić information content (AvgIpc) is 2.23. The molecule has 1 aliphatic carbocycles. The summed E-state index contributed by atoms with van der Waals surface area (Å²) in [7, 11) is 0. The first-order valence-corrected chi connectivity index (χ1v) is 5.58. The molecule has 1 N–H and O–H groups in total. The minimum atomic E-state index is -0.0418. The molecule has 1 amide bonds. The lowest BCUT2D eigenvalue weighted by Crippen LogP contribution is -2.39. The van der Waals surface area contributed by atoms with Gasteiger partial charge in [0.15, 0.2) is 5.78 Å². The van der Waals surface area contributed by atoms with Crippen molar-refractivity contribution in [3.63, 3.8) is 0 Å². The van der Waals surface area contributed by atoms with Gasteiger partial charge in [0.1, 0.15) is 0 Å². The molecule has 0 radical (unpaired) electrons. The van der Waals surface area contributed by atoms with Crippen LogP contribution in [0.3, 0.4) is 0 Å². The van der Waals surface area contributed by atoms with Gasteiger partial charge in [0.25, 0.3) is 5.91 Å². The summed E-state index contributed by atoms with van der Waals surface area (Å²) in [6, 6.07) is 7.13. The Bertz CT molecular complexity index is 404. The van der Waals surface area contributed by atoms with E-state index in [2.05, 4.69) is 5.32 Å². The van der Waals surface area contributed by atoms with Crippen LogP contribution in [0.15, 0.2) is 24.3 Å². The third-order valence-electron chi connectivity index (χ3n) is 2.99. The van der Waals surface area contributed by atoms with E-state index in [1.54, 1.807) is 24.3 Å². The van der Waals surface area contributed by atoms with Crippen LogP contribution < -0.4 is 5.32 Å². The van der Waals surface area contributed by atoms with Crippen LogP contribution in [-0.4, -0.2) is 17.7 Å².